The Labute approximate surface area is 167 Å². The molecule has 0 aliphatic heterocycles. The van der Waals surface area contributed by atoms with Gasteiger partial charge in [-0.25, -0.2) is 19.6 Å². The van der Waals surface area contributed by atoms with Gasteiger partial charge in [-0.15, -0.1) is 0 Å². The summed E-state index contributed by atoms with van der Waals surface area (Å²) in [5.41, 5.74) is 8.64. The summed E-state index contributed by atoms with van der Waals surface area (Å²) in [7, 11) is 0. The Kier molecular flexibility index (Phi) is 4.71. The monoisotopic (exact) mass is 391 g/mol. The molecular weight excluding hydrogens is 370 g/mol. The first-order valence-electron chi connectivity index (χ1n) is 9.23. The van der Waals surface area contributed by atoms with Crippen molar-refractivity contribution in [1.82, 2.24) is 30.2 Å². The lowest BCUT2D eigenvalue weighted by Gasteiger charge is -2.11. The van der Waals surface area contributed by atoms with E-state index in [9.17, 15) is 4.79 Å². The van der Waals surface area contributed by atoms with Crippen LogP contribution < -0.4 is 10.9 Å². The molecule has 0 unspecified atom stereocenters. The van der Waals surface area contributed by atoms with Gasteiger partial charge in [0.1, 0.15) is 5.69 Å². The third-order valence-electron chi connectivity index (χ3n) is 4.34. The number of hydrogen-bond acceptors (Lipinski definition) is 7. The average molecular weight is 391 g/mol. The second kappa shape index (κ2) is 7.34. The number of rotatable bonds is 5. The zero-order chi connectivity index (χ0) is 20.5. The number of carbonyl (C=O) groups is 1. The third kappa shape index (κ3) is 3.66. The standard InChI is InChI=1S/C20H21N7O2/c1-11(2)27-18-15(10-21-27)14(9-16(24-18)17-6-5-7-29-17)19(28)25-26-20-22-12(3)8-13(4)23-20/h5-11H,1-4H3,(H,25,28)(H,22,23,26). The molecule has 9 heteroatoms. The van der Waals surface area contributed by atoms with Crippen LogP contribution in [0.3, 0.4) is 0 Å². The maximum Gasteiger partial charge on any atom is 0.270 e. The molecule has 148 valence electrons. The molecule has 4 heterocycles. The molecular formula is C20H21N7O2. The minimum atomic E-state index is -0.351. The van der Waals surface area contributed by atoms with Gasteiger partial charge in [0, 0.05) is 17.4 Å². The highest BCUT2D eigenvalue weighted by atomic mass is 16.3. The highest BCUT2D eigenvalue weighted by Crippen LogP contribution is 2.26. The van der Waals surface area contributed by atoms with Crippen LogP contribution in [0.1, 0.15) is 41.6 Å². The molecule has 0 radical (unpaired) electrons. The van der Waals surface area contributed by atoms with Gasteiger partial charge in [-0.3, -0.25) is 15.6 Å². The molecule has 0 aliphatic carbocycles. The summed E-state index contributed by atoms with van der Waals surface area (Å²) >= 11 is 0. The number of aromatic nitrogens is 5. The van der Waals surface area contributed by atoms with Gasteiger partial charge < -0.3 is 4.42 Å². The second-order valence-corrected chi connectivity index (χ2v) is 7.01. The number of amides is 1. The Morgan fingerprint density at radius 2 is 1.90 bits per heavy atom. The van der Waals surface area contributed by atoms with Crippen LogP contribution in [0.4, 0.5) is 5.95 Å². The van der Waals surface area contributed by atoms with E-state index in [0.717, 1.165) is 11.4 Å². The maximum atomic E-state index is 13.0. The first kappa shape index (κ1) is 18.6. The fourth-order valence-corrected chi connectivity index (χ4v) is 3.10. The van der Waals surface area contributed by atoms with Gasteiger partial charge in [0.2, 0.25) is 5.95 Å². The lowest BCUT2D eigenvalue weighted by atomic mass is 10.1. The number of nitrogens with zero attached hydrogens (tertiary/aromatic N) is 5. The summed E-state index contributed by atoms with van der Waals surface area (Å²) in [6.07, 6.45) is 3.22. The van der Waals surface area contributed by atoms with E-state index in [4.69, 9.17) is 4.42 Å². The van der Waals surface area contributed by atoms with Gasteiger partial charge in [0.25, 0.3) is 5.91 Å². The molecule has 4 rings (SSSR count). The molecule has 0 bridgehead atoms. The zero-order valence-corrected chi connectivity index (χ0v) is 16.6. The summed E-state index contributed by atoms with van der Waals surface area (Å²) < 4.78 is 7.25. The number of carbonyl (C=O) groups excluding carboxylic acids is 1. The zero-order valence-electron chi connectivity index (χ0n) is 16.6. The summed E-state index contributed by atoms with van der Waals surface area (Å²) in [6.45, 7) is 7.74. The number of aryl methyl sites for hydroxylation is 2. The first-order valence-corrected chi connectivity index (χ1v) is 9.23. The predicted octanol–water partition coefficient (Wildman–Crippen LogP) is 3.44. The lowest BCUT2D eigenvalue weighted by Crippen LogP contribution is -2.30. The Morgan fingerprint density at radius 3 is 2.55 bits per heavy atom. The van der Waals surface area contributed by atoms with Crippen LogP contribution in [-0.2, 0) is 0 Å². The van der Waals surface area contributed by atoms with E-state index in [-0.39, 0.29) is 11.9 Å². The molecule has 1 amide bonds. The van der Waals surface area contributed by atoms with Crippen molar-refractivity contribution in [2.45, 2.75) is 33.7 Å². The highest BCUT2D eigenvalue weighted by molar-refractivity contribution is 6.06. The van der Waals surface area contributed by atoms with Crippen LogP contribution in [0.25, 0.3) is 22.5 Å². The number of nitrogens with one attached hydrogen (secondary N) is 2. The summed E-state index contributed by atoms with van der Waals surface area (Å²) in [5.74, 6) is 0.546. The van der Waals surface area contributed by atoms with Gasteiger partial charge in [-0.05, 0) is 52.0 Å². The molecule has 0 saturated carbocycles. The van der Waals surface area contributed by atoms with E-state index < -0.39 is 0 Å². The van der Waals surface area contributed by atoms with E-state index in [2.05, 4.69) is 30.9 Å². The molecule has 4 aromatic rings. The molecule has 0 spiro atoms. The molecule has 29 heavy (non-hydrogen) atoms. The van der Waals surface area contributed by atoms with Crippen LogP contribution in [0.2, 0.25) is 0 Å². The predicted molar refractivity (Wildman–Crippen MR) is 108 cm³/mol. The van der Waals surface area contributed by atoms with E-state index in [1.54, 1.807) is 35.3 Å². The summed E-state index contributed by atoms with van der Waals surface area (Å²) in [4.78, 5) is 26.2. The Hall–Kier alpha value is -3.75. The molecule has 0 aliphatic rings. The fraction of sp³-hybridized carbons (Fsp3) is 0.250. The van der Waals surface area contributed by atoms with E-state index >= 15 is 0 Å². The van der Waals surface area contributed by atoms with Crippen LogP contribution in [0.15, 0.2) is 41.1 Å². The number of fused-ring (bicyclic) bond motifs is 1. The minimum Gasteiger partial charge on any atom is -0.463 e. The Morgan fingerprint density at radius 1 is 1.14 bits per heavy atom. The normalized spacial score (nSPS) is 11.2. The van der Waals surface area contributed by atoms with Crippen LogP contribution in [0.5, 0.6) is 0 Å². The van der Waals surface area contributed by atoms with Gasteiger partial charge in [-0.1, -0.05) is 0 Å². The molecule has 0 saturated heterocycles. The van der Waals surface area contributed by atoms with Crippen molar-refractivity contribution < 1.29 is 9.21 Å². The second-order valence-electron chi connectivity index (χ2n) is 7.01. The van der Waals surface area contributed by atoms with E-state index in [1.165, 1.54) is 0 Å². The minimum absolute atomic E-state index is 0.0876. The van der Waals surface area contributed by atoms with Crippen molar-refractivity contribution in [2.75, 3.05) is 5.43 Å². The molecule has 2 N–H and O–H groups in total. The summed E-state index contributed by atoms with van der Waals surface area (Å²) in [5, 5.41) is 5.05. The van der Waals surface area contributed by atoms with Crippen molar-refractivity contribution in [2.24, 2.45) is 0 Å². The van der Waals surface area contributed by atoms with Crippen molar-refractivity contribution in [3.8, 4) is 11.5 Å². The highest BCUT2D eigenvalue weighted by Gasteiger charge is 2.19. The van der Waals surface area contributed by atoms with Crippen LogP contribution >= 0.6 is 0 Å². The smallest absolute Gasteiger partial charge is 0.270 e. The van der Waals surface area contributed by atoms with Crippen LogP contribution in [0, 0.1) is 13.8 Å². The molecule has 9 nitrogen and oxygen atoms in total. The van der Waals surface area contributed by atoms with Crippen molar-refractivity contribution in [3.63, 3.8) is 0 Å². The van der Waals surface area contributed by atoms with Gasteiger partial charge >= 0.3 is 0 Å². The van der Waals surface area contributed by atoms with Gasteiger partial charge in [0.15, 0.2) is 11.4 Å². The number of hydrogen-bond donors (Lipinski definition) is 2. The number of pyridine rings is 1. The number of furan rings is 1. The fourth-order valence-electron chi connectivity index (χ4n) is 3.10. The Bertz CT molecular complexity index is 1160. The maximum absolute atomic E-state index is 13.0. The molecule has 0 aromatic carbocycles. The Balaban J connectivity index is 1.72. The molecule has 4 aromatic heterocycles. The SMILES string of the molecule is Cc1cc(C)nc(NNC(=O)c2cc(-c3ccco3)nc3c2cnn3C(C)C)n1. The summed E-state index contributed by atoms with van der Waals surface area (Å²) in [6, 6.07) is 7.21. The van der Waals surface area contributed by atoms with E-state index in [0.29, 0.717) is 34.0 Å². The lowest BCUT2D eigenvalue weighted by molar-refractivity contribution is 0.0964. The molecule has 0 fully saturated rings. The average Bonchev–Trinajstić information content (AvgIpc) is 3.34. The quantitative estimate of drug-likeness (QED) is 0.501. The van der Waals surface area contributed by atoms with Crippen molar-refractivity contribution >= 4 is 22.9 Å². The first-order chi connectivity index (χ1) is 13.9. The van der Waals surface area contributed by atoms with Crippen LogP contribution in [-0.4, -0.2) is 30.6 Å². The molecule has 0 atom stereocenters. The topological polar surface area (TPSA) is 111 Å². The largest absolute Gasteiger partial charge is 0.463 e. The van der Waals surface area contributed by atoms with Crippen molar-refractivity contribution in [1.29, 1.82) is 0 Å². The van der Waals surface area contributed by atoms with E-state index in [1.807, 2.05) is 33.8 Å². The third-order valence-corrected chi connectivity index (χ3v) is 4.34. The number of hydrazine groups is 1. The van der Waals surface area contributed by atoms with Gasteiger partial charge in [-0.2, -0.15) is 5.10 Å². The van der Waals surface area contributed by atoms with Crippen molar-refractivity contribution in [3.05, 3.63) is 53.7 Å². The number of anilines is 1. The van der Waals surface area contributed by atoms with Gasteiger partial charge in [0.05, 0.1) is 23.4 Å².